The van der Waals surface area contributed by atoms with Crippen LogP contribution >= 0.6 is 25.3 Å². The summed E-state index contributed by atoms with van der Waals surface area (Å²) in [4.78, 5) is 52.0. The van der Waals surface area contributed by atoms with Crippen LogP contribution in [0.5, 0.6) is 0 Å². The van der Waals surface area contributed by atoms with Crippen LogP contribution in [0, 0.1) is 0 Å². The molecule has 2 N–H and O–H groups in total. The maximum Gasteiger partial charge on any atom is 0.410 e. The van der Waals surface area contributed by atoms with Crippen molar-refractivity contribution in [2.75, 3.05) is 24.6 Å². The van der Waals surface area contributed by atoms with E-state index in [0.29, 0.717) is 11.1 Å². The molecule has 0 aromatic heterocycles. The Hall–Kier alpha value is -3.38. The van der Waals surface area contributed by atoms with Gasteiger partial charge < -0.3 is 19.7 Å². The summed E-state index contributed by atoms with van der Waals surface area (Å²) in [7, 11) is 0. The second kappa shape index (κ2) is 16.5. The number of carbonyl (C=O) groups is 4. The summed E-state index contributed by atoms with van der Waals surface area (Å²) in [6, 6.07) is 15.1. The molecule has 206 valence electrons. The maximum atomic E-state index is 13.0. The number of ether oxygens (including phenoxy) is 2. The van der Waals surface area contributed by atoms with Crippen molar-refractivity contribution in [3.63, 3.8) is 0 Å². The lowest BCUT2D eigenvalue weighted by Crippen LogP contribution is -2.52. The summed E-state index contributed by atoms with van der Waals surface area (Å²) in [5.74, 6) is -2.22. The molecule has 0 bridgehead atoms. The van der Waals surface area contributed by atoms with E-state index < -0.39 is 36.2 Å². The normalized spacial score (nSPS) is 12.2. The predicted molar refractivity (Wildman–Crippen MR) is 146 cm³/mol. The minimum atomic E-state index is -1.30. The number of nitrogens with zero attached hydrogens (tertiary/aromatic N) is 2. The zero-order chi connectivity index (χ0) is 27.9. The Balaban J connectivity index is 2.24. The molecule has 0 fully saturated rings. The third-order valence-corrected chi connectivity index (χ3v) is 6.11. The molecule has 0 aliphatic heterocycles. The van der Waals surface area contributed by atoms with Crippen LogP contribution in [-0.4, -0.2) is 80.8 Å². The van der Waals surface area contributed by atoms with Gasteiger partial charge in [-0.2, -0.15) is 25.3 Å². The van der Waals surface area contributed by atoms with E-state index in [-0.39, 0.29) is 50.7 Å². The third kappa shape index (κ3) is 9.82. The lowest BCUT2D eigenvalue weighted by Gasteiger charge is -2.33. The monoisotopic (exact) mass is 564 g/mol. The van der Waals surface area contributed by atoms with E-state index in [1.165, 1.54) is 0 Å². The molecule has 0 saturated carbocycles. The molecular weight excluding hydrogens is 532 g/mol. The van der Waals surface area contributed by atoms with Crippen LogP contribution in [-0.2, 0) is 32.3 Å². The van der Waals surface area contributed by atoms with Crippen molar-refractivity contribution in [3.05, 3.63) is 71.8 Å². The lowest BCUT2D eigenvalue weighted by atomic mass is 10.1. The molecule has 38 heavy (non-hydrogen) atoms. The van der Waals surface area contributed by atoms with Gasteiger partial charge in [0.15, 0.2) is 0 Å². The highest BCUT2D eigenvalue weighted by Crippen LogP contribution is 2.15. The van der Waals surface area contributed by atoms with Crippen LogP contribution in [0.4, 0.5) is 9.59 Å². The first-order valence-electron chi connectivity index (χ1n) is 11.9. The van der Waals surface area contributed by atoms with Crippen LogP contribution in [0.25, 0.3) is 0 Å². The SMILES string of the molecule is O=C(O)[C@H](CCS)N(CCN(C(=O)OCc1ccccc1)[C@@H](CCS)C(=O)O)C(=O)OCc1ccccc1. The van der Waals surface area contributed by atoms with E-state index in [9.17, 15) is 29.4 Å². The number of rotatable bonds is 15. The summed E-state index contributed by atoms with van der Waals surface area (Å²) < 4.78 is 10.7. The minimum Gasteiger partial charge on any atom is -0.480 e. The van der Waals surface area contributed by atoms with E-state index in [1.807, 2.05) is 0 Å². The fraction of sp³-hybridized carbons (Fsp3) is 0.385. The number of hydrogen-bond donors (Lipinski definition) is 4. The lowest BCUT2D eigenvalue weighted by molar-refractivity contribution is -0.145. The van der Waals surface area contributed by atoms with Crippen LogP contribution in [0.1, 0.15) is 24.0 Å². The fourth-order valence-electron chi connectivity index (χ4n) is 3.64. The molecule has 12 heteroatoms. The van der Waals surface area contributed by atoms with Gasteiger partial charge >= 0.3 is 24.1 Å². The van der Waals surface area contributed by atoms with Crippen molar-refractivity contribution >= 4 is 49.4 Å². The first kappa shape index (κ1) is 30.8. The molecule has 2 rings (SSSR count). The first-order valence-corrected chi connectivity index (χ1v) is 13.2. The molecule has 0 aliphatic rings. The quantitative estimate of drug-likeness (QED) is 0.240. The maximum absolute atomic E-state index is 13.0. The number of aliphatic carboxylic acids is 2. The molecule has 0 aliphatic carbocycles. The summed E-state index contributed by atoms with van der Waals surface area (Å²) in [6.07, 6.45) is -1.81. The second-order valence-corrected chi connectivity index (χ2v) is 9.09. The summed E-state index contributed by atoms with van der Waals surface area (Å²) in [6.45, 7) is -0.808. The summed E-state index contributed by atoms with van der Waals surface area (Å²) in [5.41, 5.74) is 1.40. The average Bonchev–Trinajstić information content (AvgIpc) is 2.92. The smallest absolute Gasteiger partial charge is 0.410 e. The number of carbonyl (C=O) groups excluding carboxylic acids is 2. The molecule has 0 heterocycles. The Kier molecular flexibility index (Phi) is 13.4. The first-order chi connectivity index (χ1) is 18.3. The van der Waals surface area contributed by atoms with Gasteiger partial charge in [0.1, 0.15) is 25.3 Å². The highest BCUT2D eigenvalue weighted by atomic mass is 32.1. The van der Waals surface area contributed by atoms with Crippen molar-refractivity contribution in [2.24, 2.45) is 0 Å². The zero-order valence-corrected chi connectivity index (χ0v) is 22.5. The molecule has 2 amide bonds. The van der Waals surface area contributed by atoms with Gasteiger partial charge in [-0.25, -0.2) is 19.2 Å². The molecule has 2 atom stereocenters. The predicted octanol–water partition coefficient (Wildman–Crippen LogP) is 3.81. The number of thiol groups is 2. The van der Waals surface area contributed by atoms with E-state index in [2.05, 4.69) is 25.3 Å². The Labute approximate surface area is 232 Å². The van der Waals surface area contributed by atoms with Gasteiger partial charge in [0.2, 0.25) is 0 Å². The van der Waals surface area contributed by atoms with Crippen molar-refractivity contribution < 1.29 is 38.9 Å². The van der Waals surface area contributed by atoms with Crippen LogP contribution in [0.3, 0.4) is 0 Å². The molecular formula is C26H32N2O8S2. The second-order valence-electron chi connectivity index (χ2n) is 8.20. The Bertz CT molecular complexity index is 959. The highest BCUT2D eigenvalue weighted by molar-refractivity contribution is 7.80. The van der Waals surface area contributed by atoms with Crippen molar-refractivity contribution in [1.29, 1.82) is 0 Å². The zero-order valence-electron chi connectivity index (χ0n) is 20.7. The molecule has 0 saturated heterocycles. The van der Waals surface area contributed by atoms with Crippen molar-refractivity contribution in [1.82, 2.24) is 9.80 Å². The van der Waals surface area contributed by atoms with Crippen LogP contribution in [0.2, 0.25) is 0 Å². The van der Waals surface area contributed by atoms with E-state index in [4.69, 9.17) is 9.47 Å². The van der Waals surface area contributed by atoms with Crippen LogP contribution < -0.4 is 0 Å². The number of hydrogen-bond acceptors (Lipinski definition) is 8. The summed E-state index contributed by atoms with van der Waals surface area (Å²) in [5, 5.41) is 19.6. The summed E-state index contributed by atoms with van der Waals surface area (Å²) >= 11 is 8.21. The topological polar surface area (TPSA) is 134 Å². The molecule has 0 unspecified atom stereocenters. The van der Waals surface area contributed by atoms with Gasteiger partial charge in [0.25, 0.3) is 0 Å². The minimum absolute atomic E-state index is 0.0103. The van der Waals surface area contributed by atoms with E-state index in [0.717, 1.165) is 9.80 Å². The van der Waals surface area contributed by atoms with E-state index >= 15 is 0 Å². The van der Waals surface area contributed by atoms with Gasteiger partial charge in [-0.1, -0.05) is 60.7 Å². The van der Waals surface area contributed by atoms with E-state index in [1.54, 1.807) is 60.7 Å². The van der Waals surface area contributed by atoms with Gasteiger partial charge in [-0.15, -0.1) is 0 Å². The van der Waals surface area contributed by atoms with Gasteiger partial charge in [-0.05, 0) is 35.5 Å². The molecule has 0 radical (unpaired) electrons. The largest absolute Gasteiger partial charge is 0.480 e. The van der Waals surface area contributed by atoms with Crippen LogP contribution in [0.15, 0.2) is 60.7 Å². The number of carboxylic acids is 2. The standard InChI is InChI=1S/C26H32N2O8S2/c29-23(30)21(11-15-37)27(25(33)35-17-19-7-3-1-4-8-19)13-14-28(22(12-16-38)24(31)32)26(34)36-18-20-9-5-2-6-10-20/h1-10,21-22,37-38H,11-18H2,(H,29,30)(H,31,32)/t21-,22-/m0/s1. The number of benzene rings is 2. The third-order valence-electron chi connectivity index (χ3n) is 5.59. The number of carboxylic acid groups (broad SMARTS) is 2. The Morgan fingerprint density at radius 3 is 1.29 bits per heavy atom. The number of amides is 2. The molecule has 0 spiro atoms. The van der Waals surface area contributed by atoms with Crippen molar-refractivity contribution in [3.8, 4) is 0 Å². The fourth-order valence-corrected chi connectivity index (χ4v) is 4.13. The van der Waals surface area contributed by atoms with Gasteiger partial charge in [-0.3, -0.25) is 9.80 Å². The molecule has 10 nitrogen and oxygen atoms in total. The average molecular weight is 565 g/mol. The Morgan fingerprint density at radius 2 is 1.00 bits per heavy atom. The van der Waals surface area contributed by atoms with Gasteiger partial charge in [0, 0.05) is 13.1 Å². The molecule has 2 aromatic rings. The van der Waals surface area contributed by atoms with Gasteiger partial charge in [0.05, 0.1) is 0 Å². The Morgan fingerprint density at radius 1 is 0.658 bits per heavy atom. The highest BCUT2D eigenvalue weighted by Gasteiger charge is 2.35. The molecule has 2 aromatic carbocycles. The van der Waals surface area contributed by atoms with Crippen molar-refractivity contribution in [2.45, 2.75) is 38.1 Å².